The van der Waals surface area contributed by atoms with Crippen molar-refractivity contribution in [3.8, 4) is 11.8 Å². The van der Waals surface area contributed by atoms with E-state index >= 15 is 0 Å². The lowest BCUT2D eigenvalue weighted by Gasteiger charge is -2.05. The Kier molecular flexibility index (Phi) is 3.59. The van der Waals surface area contributed by atoms with Crippen LogP contribution >= 0.6 is 0 Å². The lowest BCUT2D eigenvalue weighted by Crippen LogP contribution is -1.92. The van der Waals surface area contributed by atoms with Gasteiger partial charge in [0.1, 0.15) is 5.75 Å². The fraction of sp³-hybridized carbons (Fsp3) is 0.182. The zero-order chi connectivity index (χ0) is 9.52. The van der Waals surface area contributed by atoms with Crippen molar-refractivity contribution in [3.05, 3.63) is 35.9 Å². The van der Waals surface area contributed by atoms with Gasteiger partial charge in [0, 0.05) is 11.6 Å². The van der Waals surface area contributed by atoms with Crippen molar-refractivity contribution in [1.82, 2.24) is 0 Å². The summed E-state index contributed by atoms with van der Waals surface area (Å²) in [6.45, 7) is 2.57. The summed E-state index contributed by atoms with van der Waals surface area (Å²) in [4.78, 5) is 0. The molecule has 1 aromatic carbocycles. The minimum Gasteiger partial charge on any atom is -0.493 e. The third-order valence-corrected chi connectivity index (χ3v) is 1.56. The summed E-state index contributed by atoms with van der Waals surface area (Å²) in [5, 5.41) is 8.37. The molecule has 0 amide bonds. The van der Waals surface area contributed by atoms with Crippen molar-refractivity contribution in [2.45, 2.75) is 6.92 Å². The molecule has 0 aromatic heterocycles. The fourth-order valence-electron chi connectivity index (χ4n) is 1.03. The van der Waals surface area contributed by atoms with Crippen LogP contribution in [0.3, 0.4) is 0 Å². The average molecular weight is 173 g/mol. The quantitative estimate of drug-likeness (QED) is 0.658. The third kappa shape index (κ3) is 2.64. The summed E-state index contributed by atoms with van der Waals surface area (Å²) in [6, 6.07) is 9.58. The maximum atomic E-state index is 8.37. The Balaban J connectivity index is 2.92. The van der Waals surface area contributed by atoms with Crippen molar-refractivity contribution < 1.29 is 4.74 Å². The lowest BCUT2D eigenvalue weighted by atomic mass is 10.2. The van der Waals surface area contributed by atoms with Crippen LogP contribution in [0.4, 0.5) is 0 Å². The SMILES string of the molecule is CCOc1ccccc1C=CC#N. The summed E-state index contributed by atoms with van der Waals surface area (Å²) in [7, 11) is 0. The highest BCUT2D eigenvalue weighted by Crippen LogP contribution is 2.18. The van der Waals surface area contributed by atoms with E-state index in [4.69, 9.17) is 10.00 Å². The van der Waals surface area contributed by atoms with Crippen molar-refractivity contribution in [2.75, 3.05) is 6.61 Å². The predicted molar refractivity (Wildman–Crippen MR) is 52.3 cm³/mol. The number of rotatable bonds is 3. The van der Waals surface area contributed by atoms with E-state index in [0.29, 0.717) is 6.61 Å². The molecule has 0 aliphatic carbocycles. The molecule has 1 rings (SSSR count). The number of ether oxygens (including phenoxy) is 1. The van der Waals surface area contributed by atoms with Crippen molar-refractivity contribution in [1.29, 1.82) is 5.26 Å². The third-order valence-electron chi connectivity index (χ3n) is 1.56. The predicted octanol–water partition coefficient (Wildman–Crippen LogP) is 2.62. The fourth-order valence-corrected chi connectivity index (χ4v) is 1.03. The molecular weight excluding hydrogens is 162 g/mol. The molecule has 13 heavy (non-hydrogen) atoms. The van der Waals surface area contributed by atoms with Gasteiger partial charge in [-0.15, -0.1) is 0 Å². The van der Waals surface area contributed by atoms with Gasteiger partial charge in [0.2, 0.25) is 0 Å². The molecule has 0 spiro atoms. The summed E-state index contributed by atoms with van der Waals surface area (Å²) >= 11 is 0. The highest BCUT2D eigenvalue weighted by molar-refractivity contribution is 5.58. The van der Waals surface area contributed by atoms with Crippen molar-refractivity contribution in [2.24, 2.45) is 0 Å². The molecule has 0 bridgehead atoms. The van der Waals surface area contributed by atoms with Crippen LogP contribution in [0.1, 0.15) is 12.5 Å². The Bertz CT molecular complexity index is 336. The highest BCUT2D eigenvalue weighted by atomic mass is 16.5. The molecule has 0 unspecified atom stereocenters. The first-order valence-corrected chi connectivity index (χ1v) is 4.16. The van der Waals surface area contributed by atoms with Crippen LogP contribution in [0, 0.1) is 11.3 Å². The monoisotopic (exact) mass is 173 g/mol. The Hall–Kier alpha value is -1.75. The number of nitriles is 1. The van der Waals surface area contributed by atoms with E-state index in [2.05, 4.69) is 0 Å². The minimum atomic E-state index is 0.636. The molecule has 0 saturated carbocycles. The summed E-state index contributed by atoms with van der Waals surface area (Å²) in [5.74, 6) is 0.816. The smallest absolute Gasteiger partial charge is 0.126 e. The van der Waals surface area contributed by atoms with Crippen LogP contribution in [-0.2, 0) is 0 Å². The molecule has 2 nitrogen and oxygen atoms in total. The van der Waals surface area contributed by atoms with Gasteiger partial charge in [0.25, 0.3) is 0 Å². The Morgan fingerprint density at radius 3 is 2.92 bits per heavy atom. The summed E-state index contributed by atoms with van der Waals surface area (Å²) in [6.07, 6.45) is 3.18. The molecule has 66 valence electrons. The minimum absolute atomic E-state index is 0.636. The first kappa shape index (κ1) is 9.34. The lowest BCUT2D eigenvalue weighted by molar-refractivity contribution is 0.339. The van der Waals surface area contributed by atoms with Gasteiger partial charge in [0.15, 0.2) is 0 Å². The molecule has 2 heteroatoms. The zero-order valence-electron chi connectivity index (χ0n) is 7.53. The zero-order valence-corrected chi connectivity index (χ0v) is 7.53. The molecule has 0 saturated heterocycles. The number of nitrogens with zero attached hydrogens (tertiary/aromatic N) is 1. The van der Waals surface area contributed by atoms with Gasteiger partial charge < -0.3 is 4.74 Å². The summed E-state index contributed by atoms with van der Waals surface area (Å²) < 4.78 is 5.37. The van der Waals surface area contributed by atoms with Gasteiger partial charge in [-0.1, -0.05) is 18.2 Å². The number of hydrogen-bond acceptors (Lipinski definition) is 2. The standard InChI is InChI=1S/C11H11NO/c1-2-13-11-8-4-3-6-10(11)7-5-9-12/h3-8H,2H2,1H3. The molecule has 1 aromatic rings. The molecule has 0 aliphatic rings. The number of benzene rings is 1. The largest absolute Gasteiger partial charge is 0.493 e. The maximum Gasteiger partial charge on any atom is 0.126 e. The number of para-hydroxylation sites is 1. The van der Waals surface area contributed by atoms with Gasteiger partial charge in [0.05, 0.1) is 12.7 Å². The van der Waals surface area contributed by atoms with Crippen LogP contribution < -0.4 is 4.74 Å². The van der Waals surface area contributed by atoms with Gasteiger partial charge in [-0.3, -0.25) is 0 Å². The van der Waals surface area contributed by atoms with Gasteiger partial charge >= 0.3 is 0 Å². The first-order valence-electron chi connectivity index (χ1n) is 4.16. The molecule has 0 fully saturated rings. The van der Waals surface area contributed by atoms with E-state index in [-0.39, 0.29) is 0 Å². The van der Waals surface area contributed by atoms with E-state index in [0.717, 1.165) is 11.3 Å². The van der Waals surface area contributed by atoms with Crippen LogP contribution in [0.15, 0.2) is 30.3 Å². The van der Waals surface area contributed by atoms with E-state index in [1.807, 2.05) is 37.3 Å². The Labute approximate surface area is 78.1 Å². The maximum absolute atomic E-state index is 8.37. The van der Waals surface area contributed by atoms with Gasteiger partial charge in [-0.05, 0) is 19.1 Å². The van der Waals surface area contributed by atoms with Crippen LogP contribution in [-0.4, -0.2) is 6.61 Å². The first-order chi connectivity index (χ1) is 6.38. The van der Waals surface area contributed by atoms with E-state index < -0.39 is 0 Å². The van der Waals surface area contributed by atoms with E-state index in [9.17, 15) is 0 Å². The molecule has 0 atom stereocenters. The summed E-state index contributed by atoms with van der Waals surface area (Å²) in [5.41, 5.74) is 0.936. The Morgan fingerprint density at radius 1 is 1.46 bits per heavy atom. The second-order valence-electron chi connectivity index (χ2n) is 2.43. The molecule has 0 N–H and O–H groups in total. The molecular formula is C11H11NO. The normalized spacial score (nSPS) is 9.85. The number of hydrogen-bond donors (Lipinski definition) is 0. The van der Waals surface area contributed by atoms with Crippen LogP contribution in [0.25, 0.3) is 6.08 Å². The topological polar surface area (TPSA) is 33.0 Å². The van der Waals surface area contributed by atoms with Gasteiger partial charge in [-0.2, -0.15) is 5.26 Å². The van der Waals surface area contributed by atoms with E-state index in [1.54, 1.807) is 6.08 Å². The van der Waals surface area contributed by atoms with Crippen LogP contribution in [0.2, 0.25) is 0 Å². The van der Waals surface area contributed by atoms with E-state index in [1.165, 1.54) is 6.08 Å². The van der Waals surface area contributed by atoms with Crippen molar-refractivity contribution in [3.63, 3.8) is 0 Å². The highest BCUT2D eigenvalue weighted by Gasteiger charge is 1.96. The average Bonchev–Trinajstić information content (AvgIpc) is 2.17. The molecule has 0 radical (unpaired) electrons. The van der Waals surface area contributed by atoms with Gasteiger partial charge in [-0.25, -0.2) is 0 Å². The Morgan fingerprint density at radius 2 is 2.23 bits per heavy atom. The van der Waals surface area contributed by atoms with Crippen LogP contribution in [0.5, 0.6) is 5.75 Å². The number of allylic oxidation sites excluding steroid dienone is 1. The van der Waals surface area contributed by atoms with Crippen molar-refractivity contribution >= 4 is 6.08 Å². The second kappa shape index (κ2) is 5.00. The molecule has 0 heterocycles. The molecule has 0 aliphatic heterocycles. The second-order valence-corrected chi connectivity index (χ2v) is 2.43.